The van der Waals surface area contributed by atoms with E-state index in [1.54, 1.807) is 31.5 Å². The average Bonchev–Trinajstić information content (AvgIpc) is 3.11. The lowest BCUT2D eigenvalue weighted by Crippen LogP contribution is -2.38. The molecule has 0 aliphatic heterocycles. The van der Waals surface area contributed by atoms with Crippen LogP contribution in [0.3, 0.4) is 0 Å². The zero-order valence-corrected chi connectivity index (χ0v) is 14.2. The van der Waals surface area contributed by atoms with E-state index in [9.17, 15) is 5.11 Å². The lowest BCUT2D eigenvalue weighted by molar-refractivity contribution is 0.411. The summed E-state index contributed by atoms with van der Waals surface area (Å²) in [6, 6.07) is 7.05. The molecular formula is C17H25N5O2. The Morgan fingerprint density at radius 3 is 2.96 bits per heavy atom. The number of ether oxygens (including phenoxy) is 1. The van der Waals surface area contributed by atoms with Crippen LogP contribution in [-0.4, -0.2) is 41.0 Å². The molecule has 0 radical (unpaired) electrons. The van der Waals surface area contributed by atoms with Gasteiger partial charge in [0.15, 0.2) is 5.96 Å². The number of aryl methyl sites for hydroxylation is 1. The number of benzene rings is 1. The van der Waals surface area contributed by atoms with Gasteiger partial charge in [-0.25, -0.2) is 4.99 Å². The van der Waals surface area contributed by atoms with Gasteiger partial charge in [-0.05, 0) is 37.6 Å². The molecule has 0 amide bonds. The van der Waals surface area contributed by atoms with E-state index in [2.05, 4.69) is 20.7 Å². The molecule has 3 N–H and O–H groups in total. The number of rotatable bonds is 8. The van der Waals surface area contributed by atoms with Gasteiger partial charge in [-0.2, -0.15) is 5.10 Å². The standard InChI is InChI=1S/C17H25N5O2/c1-3-18-17(19-8-4-10-22-11-5-9-21-22)20-13-14-12-15(24-2)6-7-16(14)23/h5-7,9,11-12,23H,3-4,8,10,13H2,1-2H3,(H2,18,19,20). The highest BCUT2D eigenvalue weighted by molar-refractivity contribution is 5.79. The summed E-state index contributed by atoms with van der Waals surface area (Å²) in [5, 5.41) is 20.6. The van der Waals surface area contributed by atoms with E-state index in [0.717, 1.165) is 37.6 Å². The Bertz CT molecular complexity index is 640. The van der Waals surface area contributed by atoms with Crippen molar-refractivity contribution >= 4 is 5.96 Å². The molecule has 0 unspecified atom stereocenters. The van der Waals surface area contributed by atoms with E-state index in [4.69, 9.17) is 4.74 Å². The van der Waals surface area contributed by atoms with Gasteiger partial charge in [0.25, 0.3) is 0 Å². The van der Waals surface area contributed by atoms with E-state index < -0.39 is 0 Å². The van der Waals surface area contributed by atoms with E-state index in [1.807, 2.05) is 23.9 Å². The van der Waals surface area contributed by atoms with Gasteiger partial charge in [-0.15, -0.1) is 0 Å². The summed E-state index contributed by atoms with van der Waals surface area (Å²) in [6.07, 6.45) is 4.67. The van der Waals surface area contributed by atoms with Gasteiger partial charge in [0.2, 0.25) is 0 Å². The number of nitrogens with one attached hydrogen (secondary N) is 2. The van der Waals surface area contributed by atoms with Crippen molar-refractivity contribution in [1.82, 2.24) is 20.4 Å². The van der Waals surface area contributed by atoms with Crippen molar-refractivity contribution in [1.29, 1.82) is 0 Å². The monoisotopic (exact) mass is 331 g/mol. The van der Waals surface area contributed by atoms with Crippen LogP contribution in [0.25, 0.3) is 0 Å². The number of aromatic nitrogens is 2. The first-order chi connectivity index (χ1) is 11.7. The lowest BCUT2D eigenvalue weighted by Gasteiger charge is -2.12. The Hall–Kier alpha value is -2.70. The molecular weight excluding hydrogens is 306 g/mol. The first kappa shape index (κ1) is 17.7. The third-order valence-corrected chi connectivity index (χ3v) is 3.45. The molecule has 0 saturated carbocycles. The van der Waals surface area contributed by atoms with Crippen LogP contribution >= 0.6 is 0 Å². The van der Waals surface area contributed by atoms with Crippen LogP contribution in [0.4, 0.5) is 0 Å². The number of aliphatic imine (C=N–C) groups is 1. The summed E-state index contributed by atoms with van der Waals surface area (Å²) in [6.45, 7) is 4.81. The minimum atomic E-state index is 0.217. The second-order valence-electron chi connectivity index (χ2n) is 5.24. The first-order valence-corrected chi connectivity index (χ1v) is 8.08. The van der Waals surface area contributed by atoms with Gasteiger partial charge in [0.1, 0.15) is 11.5 Å². The Kier molecular flexibility index (Phi) is 6.94. The summed E-state index contributed by atoms with van der Waals surface area (Å²) in [5.74, 6) is 1.64. The van der Waals surface area contributed by atoms with Crippen LogP contribution < -0.4 is 15.4 Å². The molecule has 0 atom stereocenters. The van der Waals surface area contributed by atoms with Crippen LogP contribution in [0.1, 0.15) is 18.9 Å². The lowest BCUT2D eigenvalue weighted by atomic mass is 10.2. The Balaban J connectivity index is 1.87. The van der Waals surface area contributed by atoms with Gasteiger partial charge in [-0.3, -0.25) is 4.68 Å². The number of aromatic hydroxyl groups is 1. The van der Waals surface area contributed by atoms with Crippen molar-refractivity contribution in [3.8, 4) is 11.5 Å². The second kappa shape index (κ2) is 9.44. The molecule has 7 heteroatoms. The minimum Gasteiger partial charge on any atom is -0.508 e. The maximum atomic E-state index is 9.92. The maximum absolute atomic E-state index is 9.92. The summed E-state index contributed by atoms with van der Waals surface area (Å²) < 4.78 is 7.08. The van der Waals surface area contributed by atoms with Gasteiger partial charge < -0.3 is 20.5 Å². The SMILES string of the molecule is CCNC(=NCc1cc(OC)ccc1O)NCCCn1cccn1. The smallest absolute Gasteiger partial charge is 0.191 e. The second-order valence-corrected chi connectivity index (χ2v) is 5.24. The molecule has 1 heterocycles. The molecule has 0 saturated heterocycles. The van der Waals surface area contributed by atoms with Crippen molar-refractivity contribution in [3.63, 3.8) is 0 Å². The summed E-state index contributed by atoms with van der Waals surface area (Å²) >= 11 is 0. The fourth-order valence-electron chi connectivity index (χ4n) is 2.20. The molecule has 0 bridgehead atoms. The number of guanidine groups is 1. The van der Waals surface area contributed by atoms with E-state index >= 15 is 0 Å². The molecule has 7 nitrogen and oxygen atoms in total. The van der Waals surface area contributed by atoms with Crippen LogP contribution in [0.5, 0.6) is 11.5 Å². The van der Waals surface area contributed by atoms with Crippen molar-refractivity contribution < 1.29 is 9.84 Å². The molecule has 2 rings (SSSR count). The van der Waals surface area contributed by atoms with Crippen LogP contribution in [0, 0.1) is 0 Å². The molecule has 0 spiro atoms. The number of hydrogen-bond acceptors (Lipinski definition) is 4. The van der Waals surface area contributed by atoms with E-state index in [0.29, 0.717) is 12.3 Å². The van der Waals surface area contributed by atoms with Gasteiger partial charge >= 0.3 is 0 Å². The zero-order valence-electron chi connectivity index (χ0n) is 14.2. The molecule has 1 aromatic carbocycles. The van der Waals surface area contributed by atoms with E-state index in [-0.39, 0.29) is 5.75 Å². The van der Waals surface area contributed by atoms with Crippen LogP contribution in [0.15, 0.2) is 41.7 Å². The largest absolute Gasteiger partial charge is 0.508 e. The topological polar surface area (TPSA) is 83.7 Å². The molecule has 1 aromatic heterocycles. The third-order valence-electron chi connectivity index (χ3n) is 3.45. The zero-order chi connectivity index (χ0) is 17.2. The number of methoxy groups -OCH3 is 1. The van der Waals surface area contributed by atoms with Crippen LogP contribution in [-0.2, 0) is 13.1 Å². The van der Waals surface area contributed by atoms with Crippen molar-refractivity contribution in [2.75, 3.05) is 20.2 Å². The number of phenols is 1. The molecule has 0 fully saturated rings. The Labute approximate surface area is 142 Å². The Morgan fingerprint density at radius 1 is 1.38 bits per heavy atom. The average molecular weight is 331 g/mol. The highest BCUT2D eigenvalue weighted by Crippen LogP contribution is 2.23. The summed E-state index contributed by atoms with van der Waals surface area (Å²) in [5.41, 5.74) is 0.725. The normalized spacial score (nSPS) is 11.3. The molecule has 24 heavy (non-hydrogen) atoms. The van der Waals surface area contributed by atoms with Crippen molar-refractivity contribution in [3.05, 3.63) is 42.2 Å². The van der Waals surface area contributed by atoms with E-state index in [1.165, 1.54) is 0 Å². The number of hydrogen-bond donors (Lipinski definition) is 3. The van der Waals surface area contributed by atoms with Gasteiger partial charge in [-0.1, -0.05) is 0 Å². The predicted octanol–water partition coefficient (Wildman–Crippen LogP) is 1.74. The summed E-state index contributed by atoms with van der Waals surface area (Å²) in [4.78, 5) is 4.51. The number of phenolic OH excluding ortho intramolecular Hbond substituents is 1. The molecule has 2 aromatic rings. The van der Waals surface area contributed by atoms with Crippen LogP contribution in [0.2, 0.25) is 0 Å². The fraction of sp³-hybridized carbons (Fsp3) is 0.412. The number of nitrogens with zero attached hydrogens (tertiary/aromatic N) is 3. The predicted molar refractivity (Wildman–Crippen MR) is 94.3 cm³/mol. The summed E-state index contributed by atoms with van der Waals surface area (Å²) in [7, 11) is 1.60. The fourth-order valence-corrected chi connectivity index (χ4v) is 2.20. The highest BCUT2D eigenvalue weighted by Gasteiger charge is 2.04. The quantitative estimate of drug-likeness (QED) is 0.390. The Morgan fingerprint density at radius 2 is 2.25 bits per heavy atom. The maximum Gasteiger partial charge on any atom is 0.191 e. The molecule has 0 aliphatic carbocycles. The highest BCUT2D eigenvalue weighted by atomic mass is 16.5. The van der Waals surface area contributed by atoms with Crippen molar-refractivity contribution in [2.24, 2.45) is 4.99 Å². The van der Waals surface area contributed by atoms with Crippen molar-refractivity contribution in [2.45, 2.75) is 26.4 Å². The molecule has 0 aliphatic rings. The third kappa shape index (κ3) is 5.49. The van der Waals surface area contributed by atoms with Gasteiger partial charge in [0.05, 0.1) is 13.7 Å². The first-order valence-electron chi connectivity index (χ1n) is 8.08. The van der Waals surface area contributed by atoms with Gasteiger partial charge in [0, 0.05) is 37.6 Å². The minimum absolute atomic E-state index is 0.217. The molecule has 130 valence electrons.